The van der Waals surface area contributed by atoms with Gasteiger partial charge < -0.3 is 18.9 Å². The van der Waals surface area contributed by atoms with Crippen LogP contribution in [0.5, 0.6) is 0 Å². The van der Waals surface area contributed by atoms with Crippen LogP contribution < -0.4 is 0 Å². The molecule has 0 aliphatic rings. The van der Waals surface area contributed by atoms with Crippen molar-refractivity contribution in [3.63, 3.8) is 0 Å². The van der Waals surface area contributed by atoms with E-state index in [4.69, 9.17) is 18.5 Å². The highest BCUT2D eigenvalue weighted by molar-refractivity contribution is 7.47. The maximum absolute atomic E-state index is 12.7. The third-order valence-electron chi connectivity index (χ3n) is 10.5. The Balaban J connectivity index is 4.28. The van der Waals surface area contributed by atoms with Gasteiger partial charge in [0.2, 0.25) is 0 Å². The molecule has 342 valence electrons. The van der Waals surface area contributed by atoms with Crippen molar-refractivity contribution >= 4 is 19.8 Å². The molecule has 10 heteroatoms. The molecule has 0 rings (SSSR count). The summed E-state index contributed by atoms with van der Waals surface area (Å²) >= 11 is 0. The van der Waals surface area contributed by atoms with Crippen molar-refractivity contribution in [2.45, 2.75) is 225 Å². The molecule has 0 saturated heterocycles. The van der Waals surface area contributed by atoms with Gasteiger partial charge in [-0.3, -0.25) is 18.6 Å². The summed E-state index contributed by atoms with van der Waals surface area (Å²) in [7, 11) is 1.48. The quantitative estimate of drug-likeness (QED) is 0.0212. The highest BCUT2D eigenvalue weighted by atomic mass is 31.2. The van der Waals surface area contributed by atoms with Gasteiger partial charge in [-0.05, 0) is 44.9 Å². The second kappa shape index (κ2) is 40.9. The number of carbonyl (C=O) groups excluding carboxylic acids is 2. The second-order valence-corrected chi connectivity index (χ2v) is 19.0. The number of phosphoric ester groups is 1. The molecule has 0 heterocycles. The monoisotopic (exact) mass is 843 g/mol. The van der Waals surface area contributed by atoms with E-state index < -0.39 is 26.5 Å². The van der Waals surface area contributed by atoms with Crippen LogP contribution in [-0.2, 0) is 32.7 Å². The van der Waals surface area contributed by atoms with E-state index in [0.717, 1.165) is 57.8 Å². The van der Waals surface area contributed by atoms with Crippen LogP contribution in [0.25, 0.3) is 0 Å². The lowest BCUT2D eigenvalue weighted by atomic mass is 10.0. The van der Waals surface area contributed by atoms with E-state index in [0.29, 0.717) is 17.4 Å². The SMILES string of the molecule is CCCCC/C=C\C/C=C\CCCCCCCC(=O)OC[C@H](COP(=O)(O)OCC[N+](C)(C)C)OC(=O)CCCCCCCCCCCCCCCCCCCCC. The molecule has 0 spiro atoms. The average Bonchev–Trinajstić information content (AvgIpc) is 3.17. The largest absolute Gasteiger partial charge is 0.472 e. The van der Waals surface area contributed by atoms with Gasteiger partial charge in [0.1, 0.15) is 19.8 Å². The van der Waals surface area contributed by atoms with Gasteiger partial charge in [-0.2, -0.15) is 0 Å². The average molecular weight is 843 g/mol. The number of hydrogen-bond donors (Lipinski definition) is 1. The summed E-state index contributed by atoms with van der Waals surface area (Å²) in [5, 5.41) is 0. The smallest absolute Gasteiger partial charge is 0.462 e. The molecular weight excluding hydrogens is 750 g/mol. The molecule has 0 aliphatic carbocycles. The van der Waals surface area contributed by atoms with Gasteiger partial charge in [0, 0.05) is 12.8 Å². The number of unbranched alkanes of at least 4 members (excludes halogenated alkanes) is 26. The Morgan fingerprint density at radius 3 is 1.40 bits per heavy atom. The lowest BCUT2D eigenvalue weighted by molar-refractivity contribution is -0.870. The van der Waals surface area contributed by atoms with Crippen molar-refractivity contribution in [3.05, 3.63) is 24.3 Å². The molecule has 0 radical (unpaired) electrons. The molecule has 0 amide bonds. The number of likely N-dealkylation sites (N-methyl/N-ethyl adjacent to an activating group) is 1. The van der Waals surface area contributed by atoms with Crippen LogP contribution in [-0.4, -0.2) is 74.9 Å². The minimum absolute atomic E-state index is 0.0314. The van der Waals surface area contributed by atoms with Crippen molar-refractivity contribution in [1.82, 2.24) is 0 Å². The van der Waals surface area contributed by atoms with Crippen LogP contribution in [0.4, 0.5) is 0 Å². The van der Waals surface area contributed by atoms with E-state index in [2.05, 4.69) is 38.2 Å². The second-order valence-electron chi connectivity index (χ2n) is 17.5. The summed E-state index contributed by atoms with van der Waals surface area (Å²) in [4.78, 5) is 35.4. The number of ether oxygens (including phenoxy) is 2. The third kappa shape index (κ3) is 44.1. The number of phosphoric acid groups is 1. The number of quaternary nitrogens is 1. The summed E-state index contributed by atoms with van der Waals surface area (Å²) in [6, 6.07) is 0. The Kier molecular flexibility index (Phi) is 39.8. The minimum atomic E-state index is -4.38. The van der Waals surface area contributed by atoms with Gasteiger partial charge in [0.25, 0.3) is 0 Å². The fourth-order valence-corrected chi connectivity index (χ4v) is 7.43. The van der Waals surface area contributed by atoms with E-state index in [1.165, 1.54) is 128 Å². The van der Waals surface area contributed by atoms with E-state index in [1.807, 2.05) is 21.1 Å². The first-order valence-corrected chi connectivity index (χ1v) is 25.6. The highest BCUT2D eigenvalue weighted by Gasteiger charge is 2.27. The number of esters is 2. The maximum Gasteiger partial charge on any atom is 0.472 e. The van der Waals surface area contributed by atoms with Gasteiger partial charge in [0.05, 0.1) is 27.7 Å². The van der Waals surface area contributed by atoms with Crippen LogP contribution in [0.15, 0.2) is 24.3 Å². The zero-order chi connectivity index (χ0) is 42.8. The van der Waals surface area contributed by atoms with Crippen LogP contribution in [0.1, 0.15) is 219 Å². The van der Waals surface area contributed by atoms with Gasteiger partial charge in [0.15, 0.2) is 6.10 Å². The van der Waals surface area contributed by atoms with E-state index in [1.54, 1.807) is 0 Å². The Morgan fingerprint density at radius 1 is 0.534 bits per heavy atom. The first-order valence-electron chi connectivity index (χ1n) is 24.1. The predicted molar refractivity (Wildman–Crippen MR) is 243 cm³/mol. The standard InChI is InChI=1S/C48H92NO8P/c1-6-8-10-12-14-16-18-20-22-23-24-25-27-29-31-33-35-37-39-41-48(51)57-46(45-56-58(52,53)55-43-42-49(3,4)5)44-54-47(50)40-38-36-34-32-30-28-26-21-19-17-15-13-11-9-7-2/h15,17,21,26,46H,6-14,16,18-20,22-25,27-45H2,1-5H3/p+1/b17-15-,26-21-/t46-/m1/s1. The molecule has 9 nitrogen and oxygen atoms in total. The molecule has 0 aromatic carbocycles. The van der Waals surface area contributed by atoms with Crippen molar-refractivity contribution in [3.8, 4) is 0 Å². The fraction of sp³-hybridized carbons (Fsp3) is 0.875. The topological polar surface area (TPSA) is 108 Å². The molecule has 0 aliphatic heterocycles. The number of nitrogens with zero attached hydrogens (tertiary/aromatic N) is 1. The fourth-order valence-electron chi connectivity index (χ4n) is 6.69. The predicted octanol–water partition coefficient (Wildman–Crippen LogP) is 13.9. The lowest BCUT2D eigenvalue weighted by Crippen LogP contribution is -2.37. The van der Waals surface area contributed by atoms with E-state index in [-0.39, 0.29) is 32.0 Å². The number of rotatable bonds is 44. The zero-order valence-electron chi connectivity index (χ0n) is 38.5. The Bertz CT molecular complexity index is 1040. The Hall–Kier alpha value is -1.51. The summed E-state index contributed by atoms with van der Waals surface area (Å²) in [6.45, 7) is 4.41. The van der Waals surface area contributed by atoms with Gasteiger partial charge in [-0.25, -0.2) is 4.57 Å². The number of allylic oxidation sites excluding steroid dienone is 4. The Morgan fingerprint density at radius 2 is 0.931 bits per heavy atom. The van der Waals surface area contributed by atoms with Crippen LogP contribution >= 0.6 is 7.82 Å². The third-order valence-corrected chi connectivity index (χ3v) is 11.5. The molecule has 0 aromatic heterocycles. The summed E-state index contributed by atoms with van der Waals surface area (Å²) < 4.78 is 34.4. The Labute approximate surface area is 358 Å². The summed E-state index contributed by atoms with van der Waals surface area (Å²) in [6.07, 6.45) is 45.1. The molecule has 58 heavy (non-hydrogen) atoms. The van der Waals surface area contributed by atoms with Crippen molar-refractivity contribution in [2.24, 2.45) is 0 Å². The molecule has 1 unspecified atom stereocenters. The van der Waals surface area contributed by atoms with Crippen molar-refractivity contribution in [2.75, 3.05) is 47.5 Å². The highest BCUT2D eigenvalue weighted by Crippen LogP contribution is 2.43. The van der Waals surface area contributed by atoms with Crippen LogP contribution in [0.2, 0.25) is 0 Å². The first-order chi connectivity index (χ1) is 28.0. The van der Waals surface area contributed by atoms with Crippen LogP contribution in [0.3, 0.4) is 0 Å². The summed E-state index contributed by atoms with van der Waals surface area (Å²) in [5.74, 6) is -0.805. The van der Waals surface area contributed by atoms with Crippen LogP contribution in [0, 0.1) is 0 Å². The molecule has 0 aromatic rings. The van der Waals surface area contributed by atoms with Gasteiger partial charge in [-0.15, -0.1) is 0 Å². The maximum atomic E-state index is 12.7. The molecule has 0 bridgehead atoms. The lowest BCUT2D eigenvalue weighted by Gasteiger charge is -2.24. The summed E-state index contributed by atoms with van der Waals surface area (Å²) in [5.41, 5.74) is 0. The molecule has 0 saturated carbocycles. The van der Waals surface area contributed by atoms with Gasteiger partial charge >= 0.3 is 19.8 Å². The van der Waals surface area contributed by atoms with Gasteiger partial charge in [-0.1, -0.05) is 186 Å². The molecule has 0 fully saturated rings. The molecule has 1 N–H and O–H groups in total. The molecular formula is C48H93NO8P+. The first kappa shape index (κ1) is 56.5. The normalized spacial score (nSPS) is 13.7. The number of carbonyl (C=O) groups is 2. The molecule has 2 atom stereocenters. The number of hydrogen-bond acceptors (Lipinski definition) is 7. The van der Waals surface area contributed by atoms with Crippen molar-refractivity contribution in [1.29, 1.82) is 0 Å². The minimum Gasteiger partial charge on any atom is -0.462 e. The van der Waals surface area contributed by atoms with Crippen molar-refractivity contribution < 1.29 is 42.1 Å². The zero-order valence-corrected chi connectivity index (χ0v) is 39.4. The van der Waals surface area contributed by atoms with E-state index >= 15 is 0 Å². The van der Waals surface area contributed by atoms with E-state index in [9.17, 15) is 19.0 Å².